The number of benzene rings is 1. The van der Waals surface area contributed by atoms with Gasteiger partial charge in [0, 0.05) is 19.7 Å². The molecule has 0 aromatic heterocycles. The highest BCUT2D eigenvalue weighted by atomic mass is 32.2. The second kappa shape index (κ2) is 6.66. The van der Waals surface area contributed by atoms with E-state index < -0.39 is 34.5 Å². The van der Waals surface area contributed by atoms with E-state index in [0.717, 1.165) is 4.31 Å². The SMILES string of the molecule is CN(C)S(=O)(=O)c1ccc(C(=O)NC[C@H](O)C(=O)O)cc1. The van der Waals surface area contributed by atoms with Gasteiger partial charge in [0.05, 0.1) is 11.4 Å². The molecule has 3 N–H and O–H groups in total. The fraction of sp³-hybridized carbons (Fsp3) is 0.333. The number of carbonyl (C=O) groups is 2. The van der Waals surface area contributed by atoms with Gasteiger partial charge in [-0.3, -0.25) is 4.79 Å². The summed E-state index contributed by atoms with van der Waals surface area (Å²) in [6, 6.07) is 5.16. The van der Waals surface area contributed by atoms with E-state index in [1.54, 1.807) is 0 Å². The van der Waals surface area contributed by atoms with Crippen LogP contribution in [-0.2, 0) is 14.8 Å². The Labute approximate surface area is 122 Å². The zero-order chi connectivity index (χ0) is 16.2. The number of amides is 1. The molecular weight excluding hydrogens is 300 g/mol. The maximum atomic E-state index is 11.8. The molecule has 0 aliphatic rings. The van der Waals surface area contributed by atoms with Crippen molar-refractivity contribution in [1.29, 1.82) is 0 Å². The monoisotopic (exact) mass is 316 g/mol. The van der Waals surface area contributed by atoms with Crippen molar-refractivity contribution in [3.05, 3.63) is 29.8 Å². The van der Waals surface area contributed by atoms with Gasteiger partial charge in [0.25, 0.3) is 5.91 Å². The molecule has 0 saturated heterocycles. The predicted molar refractivity (Wildman–Crippen MR) is 73.3 cm³/mol. The lowest BCUT2D eigenvalue weighted by molar-refractivity contribution is -0.146. The topological polar surface area (TPSA) is 124 Å². The van der Waals surface area contributed by atoms with Crippen LogP contribution in [0.4, 0.5) is 0 Å². The van der Waals surface area contributed by atoms with Crippen LogP contribution in [0.1, 0.15) is 10.4 Å². The Kier molecular flexibility index (Phi) is 5.41. The van der Waals surface area contributed by atoms with E-state index in [-0.39, 0.29) is 10.5 Å². The van der Waals surface area contributed by atoms with Crippen LogP contribution in [0.15, 0.2) is 29.2 Å². The van der Waals surface area contributed by atoms with Gasteiger partial charge in [-0.05, 0) is 24.3 Å². The number of aliphatic carboxylic acids is 1. The molecule has 21 heavy (non-hydrogen) atoms. The summed E-state index contributed by atoms with van der Waals surface area (Å²) in [6.45, 7) is -0.439. The molecule has 0 saturated carbocycles. The number of aliphatic hydroxyl groups is 1. The lowest BCUT2D eigenvalue weighted by Crippen LogP contribution is -2.36. The van der Waals surface area contributed by atoms with Crippen LogP contribution >= 0.6 is 0 Å². The van der Waals surface area contributed by atoms with Gasteiger partial charge in [-0.15, -0.1) is 0 Å². The summed E-state index contributed by atoms with van der Waals surface area (Å²) in [7, 11) is -0.788. The maximum Gasteiger partial charge on any atom is 0.334 e. The first-order valence-electron chi connectivity index (χ1n) is 5.88. The van der Waals surface area contributed by atoms with Crippen molar-refractivity contribution in [2.45, 2.75) is 11.0 Å². The number of hydrogen-bond acceptors (Lipinski definition) is 5. The first-order chi connectivity index (χ1) is 9.66. The average molecular weight is 316 g/mol. The van der Waals surface area contributed by atoms with Crippen LogP contribution < -0.4 is 5.32 Å². The molecule has 0 unspecified atom stereocenters. The minimum atomic E-state index is -3.57. The van der Waals surface area contributed by atoms with Crippen molar-refractivity contribution in [2.75, 3.05) is 20.6 Å². The number of sulfonamides is 1. The van der Waals surface area contributed by atoms with Gasteiger partial charge in [-0.25, -0.2) is 17.5 Å². The molecule has 0 aliphatic carbocycles. The summed E-state index contributed by atoms with van der Waals surface area (Å²) in [5, 5.41) is 19.7. The Morgan fingerprint density at radius 1 is 1.24 bits per heavy atom. The van der Waals surface area contributed by atoms with Crippen LogP contribution in [-0.4, -0.2) is 61.6 Å². The lowest BCUT2D eigenvalue weighted by Gasteiger charge is -2.12. The van der Waals surface area contributed by atoms with Crippen molar-refractivity contribution in [3.8, 4) is 0 Å². The number of hydrogen-bond donors (Lipinski definition) is 3. The summed E-state index contributed by atoms with van der Waals surface area (Å²) in [6.07, 6.45) is -1.69. The van der Waals surface area contributed by atoms with E-state index in [4.69, 9.17) is 10.2 Å². The second-order valence-electron chi connectivity index (χ2n) is 4.38. The summed E-state index contributed by atoms with van der Waals surface area (Å²) >= 11 is 0. The molecule has 1 aromatic carbocycles. The van der Waals surface area contributed by atoms with E-state index >= 15 is 0 Å². The van der Waals surface area contributed by atoms with E-state index in [9.17, 15) is 18.0 Å². The lowest BCUT2D eigenvalue weighted by atomic mass is 10.2. The standard InChI is InChI=1S/C12H16N2O6S/c1-14(2)21(19,20)9-5-3-8(4-6-9)11(16)13-7-10(15)12(17)18/h3-6,10,15H,7H2,1-2H3,(H,13,16)(H,17,18)/t10-/m0/s1. The summed E-state index contributed by atoms with van der Waals surface area (Å²) in [5.74, 6) is -2.05. The molecule has 1 atom stereocenters. The van der Waals surface area contributed by atoms with Gasteiger partial charge >= 0.3 is 5.97 Å². The second-order valence-corrected chi connectivity index (χ2v) is 6.53. The molecule has 0 fully saturated rings. The first-order valence-corrected chi connectivity index (χ1v) is 7.32. The largest absolute Gasteiger partial charge is 0.479 e. The summed E-state index contributed by atoms with van der Waals surface area (Å²) < 4.78 is 24.7. The molecule has 0 spiro atoms. The van der Waals surface area contributed by atoms with Crippen LogP contribution in [0.5, 0.6) is 0 Å². The van der Waals surface area contributed by atoms with Gasteiger partial charge in [-0.2, -0.15) is 0 Å². The third-order valence-corrected chi connectivity index (χ3v) is 4.47. The van der Waals surface area contributed by atoms with Gasteiger partial charge in [0.15, 0.2) is 6.10 Å². The van der Waals surface area contributed by atoms with Crippen molar-refractivity contribution in [3.63, 3.8) is 0 Å². The number of carboxylic acids is 1. The summed E-state index contributed by atoms with van der Waals surface area (Å²) in [4.78, 5) is 22.1. The predicted octanol–water partition coefficient (Wildman–Crippen LogP) is -0.888. The zero-order valence-electron chi connectivity index (χ0n) is 11.5. The van der Waals surface area contributed by atoms with E-state index in [1.165, 1.54) is 38.4 Å². The zero-order valence-corrected chi connectivity index (χ0v) is 12.3. The van der Waals surface area contributed by atoms with Crippen molar-refractivity contribution in [2.24, 2.45) is 0 Å². The molecule has 0 aliphatic heterocycles. The molecule has 1 rings (SSSR count). The van der Waals surface area contributed by atoms with E-state index in [2.05, 4.69) is 5.32 Å². The van der Waals surface area contributed by atoms with Crippen molar-refractivity contribution < 1.29 is 28.2 Å². The number of rotatable bonds is 6. The molecule has 8 nitrogen and oxygen atoms in total. The Hall–Kier alpha value is -1.97. The van der Waals surface area contributed by atoms with Crippen LogP contribution in [0.3, 0.4) is 0 Å². The molecule has 9 heteroatoms. The van der Waals surface area contributed by atoms with Gasteiger partial charge in [0.1, 0.15) is 0 Å². The average Bonchev–Trinajstić information content (AvgIpc) is 2.44. The number of nitrogens with zero attached hydrogens (tertiary/aromatic N) is 1. The Morgan fingerprint density at radius 2 is 1.76 bits per heavy atom. The highest BCUT2D eigenvalue weighted by Gasteiger charge is 2.18. The van der Waals surface area contributed by atoms with E-state index in [0.29, 0.717) is 0 Å². The fourth-order valence-electron chi connectivity index (χ4n) is 1.37. The smallest absolute Gasteiger partial charge is 0.334 e. The number of aliphatic hydroxyl groups excluding tert-OH is 1. The van der Waals surface area contributed by atoms with Crippen molar-refractivity contribution >= 4 is 21.9 Å². The van der Waals surface area contributed by atoms with Gasteiger partial charge < -0.3 is 15.5 Å². The molecule has 0 radical (unpaired) electrons. The van der Waals surface area contributed by atoms with Crippen LogP contribution in [0.25, 0.3) is 0 Å². The van der Waals surface area contributed by atoms with Gasteiger partial charge in [-0.1, -0.05) is 0 Å². The Bertz CT molecular complexity index is 624. The molecule has 1 aromatic rings. The van der Waals surface area contributed by atoms with E-state index in [1.807, 2.05) is 0 Å². The van der Waals surface area contributed by atoms with Crippen LogP contribution in [0, 0.1) is 0 Å². The number of carboxylic acid groups (broad SMARTS) is 1. The third kappa shape index (κ3) is 4.25. The Balaban J connectivity index is 2.79. The number of carbonyl (C=O) groups excluding carboxylic acids is 1. The normalized spacial score (nSPS) is 13.0. The van der Waals surface area contributed by atoms with Crippen LogP contribution in [0.2, 0.25) is 0 Å². The first kappa shape index (κ1) is 17.1. The minimum absolute atomic E-state index is 0.0367. The van der Waals surface area contributed by atoms with Crippen molar-refractivity contribution in [1.82, 2.24) is 9.62 Å². The Morgan fingerprint density at radius 3 is 2.19 bits per heavy atom. The molecule has 116 valence electrons. The van der Waals surface area contributed by atoms with Gasteiger partial charge in [0.2, 0.25) is 10.0 Å². The molecule has 1 amide bonds. The fourth-order valence-corrected chi connectivity index (χ4v) is 2.27. The molecular formula is C12H16N2O6S. The minimum Gasteiger partial charge on any atom is -0.479 e. The maximum absolute atomic E-state index is 11.8. The highest BCUT2D eigenvalue weighted by Crippen LogP contribution is 2.13. The number of nitrogens with one attached hydrogen (secondary N) is 1. The molecule has 0 heterocycles. The molecule has 0 bridgehead atoms. The highest BCUT2D eigenvalue weighted by molar-refractivity contribution is 7.89. The third-order valence-electron chi connectivity index (χ3n) is 2.64. The quantitative estimate of drug-likeness (QED) is 0.625. The summed E-state index contributed by atoms with van der Waals surface area (Å²) in [5.41, 5.74) is 0.158.